The van der Waals surface area contributed by atoms with Crippen LogP contribution in [0.3, 0.4) is 0 Å². The zero-order chi connectivity index (χ0) is 18.4. The number of carbonyl (C=O) groups is 1. The first kappa shape index (κ1) is 19.1. The van der Waals surface area contributed by atoms with Crippen LogP contribution in [0.5, 0.6) is 0 Å². The minimum atomic E-state index is -3.53. The van der Waals surface area contributed by atoms with Gasteiger partial charge in [-0.15, -0.1) is 0 Å². The number of hydrogen-bond donors (Lipinski definition) is 2. The summed E-state index contributed by atoms with van der Waals surface area (Å²) in [5.41, 5.74) is 2.32. The van der Waals surface area contributed by atoms with Gasteiger partial charge in [-0.2, -0.15) is 0 Å². The Morgan fingerprint density at radius 3 is 2.12 bits per heavy atom. The fraction of sp³-hybridized carbons (Fsp3) is 0.316. The molecule has 134 valence electrons. The summed E-state index contributed by atoms with van der Waals surface area (Å²) in [6.07, 6.45) is 2.05. The van der Waals surface area contributed by atoms with Gasteiger partial charge in [-0.3, -0.25) is 4.79 Å². The fourth-order valence-electron chi connectivity index (χ4n) is 2.41. The number of sulfonamides is 1. The van der Waals surface area contributed by atoms with Crippen LogP contribution in [0.25, 0.3) is 0 Å². The van der Waals surface area contributed by atoms with E-state index in [1.165, 1.54) is 17.7 Å². The molecular weight excluding hydrogens is 336 g/mol. The van der Waals surface area contributed by atoms with E-state index in [0.29, 0.717) is 11.3 Å². The predicted molar refractivity (Wildman–Crippen MR) is 100 cm³/mol. The van der Waals surface area contributed by atoms with Gasteiger partial charge in [0.25, 0.3) is 5.91 Å². The van der Waals surface area contributed by atoms with Gasteiger partial charge in [-0.1, -0.05) is 25.5 Å². The topological polar surface area (TPSA) is 75.3 Å². The van der Waals surface area contributed by atoms with Crippen molar-refractivity contribution < 1.29 is 13.2 Å². The van der Waals surface area contributed by atoms with Crippen molar-refractivity contribution in [2.24, 2.45) is 0 Å². The molecule has 2 rings (SSSR count). The lowest BCUT2D eigenvalue weighted by Crippen LogP contribution is -2.30. The Labute approximate surface area is 149 Å². The van der Waals surface area contributed by atoms with Crippen LogP contribution in [0.2, 0.25) is 0 Å². The Hall–Kier alpha value is -2.18. The minimum absolute atomic E-state index is 0.170. The summed E-state index contributed by atoms with van der Waals surface area (Å²) in [7, 11) is -3.53. The molecule has 0 aliphatic carbocycles. The normalized spacial score (nSPS) is 11.5. The second kappa shape index (κ2) is 8.27. The third-order valence-corrected chi connectivity index (χ3v) is 5.24. The molecule has 0 spiro atoms. The number of rotatable bonds is 7. The fourth-order valence-corrected chi connectivity index (χ4v) is 3.66. The van der Waals surface area contributed by atoms with Gasteiger partial charge in [0.15, 0.2) is 0 Å². The van der Waals surface area contributed by atoms with Crippen molar-refractivity contribution in [3.8, 4) is 0 Å². The van der Waals surface area contributed by atoms with E-state index in [2.05, 4.69) is 17.0 Å². The zero-order valence-corrected chi connectivity index (χ0v) is 15.6. The second-order valence-corrected chi connectivity index (χ2v) is 7.92. The van der Waals surface area contributed by atoms with Crippen LogP contribution < -0.4 is 10.0 Å². The molecule has 0 saturated carbocycles. The monoisotopic (exact) mass is 360 g/mol. The number of amides is 1. The first-order chi connectivity index (χ1) is 11.8. The van der Waals surface area contributed by atoms with Gasteiger partial charge in [0, 0.05) is 17.3 Å². The summed E-state index contributed by atoms with van der Waals surface area (Å²) in [5, 5.41) is 2.77. The number of benzene rings is 2. The average Bonchev–Trinajstić information content (AvgIpc) is 2.55. The Morgan fingerprint density at radius 2 is 1.60 bits per heavy atom. The van der Waals surface area contributed by atoms with Crippen LogP contribution in [0.4, 0.5) is 5.69 Å². The van der Waals surface area contributed by atoms with Crippen LogP contribution >= 0.6 is 0 Å². The van der Waals surface area contributed by atoms with Crippen molar-refractivity contribution in [3.05, 3.63) is 59.7 Å². The second-order valence-electron chi connectivity index (χ2n) is 6.20. The first-order valence-electron chi connectivity index (χ1n) is 8.34. The first-order valence-corrected chi connectivity index (χ1v) is 9.83. The average molecular weight is 360 g/mol. The van der Waals surface area contributed by atoms with Crippen molar-refractivity contribution in [1.82, 2.24) is 4.72 Å². The Kier molecular flexibility index (Phi) is 6.33. The van der Waals surface area contributed by atoms with E-state index in [4.69, 9.17) is 0 Å². The van der Waals surface area contributed by atoms with E-state index >= 15 is 0 Å². The van der Waals surface area contributed by atoms with E-state index in [1.807, 2.05) is 12.1 Å². The van der Waals surface area contributed by atoms with E-state index < -0.39 is 10.0 Å². The van der Waals surface area contributed by atoms with Gasteiger partial charge in [0.05, 0.1) is 4.90 Å². The summed E-state index contributed by atoms with van der Waals surface area (Å²) in [6.45, 7) is 5.64. The number of nitrogens with one attached hydrogen (secondary N) is 2. The van der Waals surface area contributed by atoms with Gasteiger partial charge in [0.2, 0.25) is 10.0 Å². The molecule has 0 saturated heterocycles. The van der Waals surface area contributed by atoms with Gasteiger partial charge in [0.1, 0.15) is 0 Å². The molecular formula is C19H24N2O3S. The molecule has 2 N–H and O–H groups in total. The molecule has 0 radical (unpaired) electrons. The zero-order valence-electron chi connectivity index (χ0n) is 14.7. The summed E-state index contributed by atoms with van der Waals surface area (Å²) in [5.74, 6) is -0.223. The molecule has 2 aromatic rings. The predicted octanol–water partition coefficient (Wildman–Crippen LogP) is 3.58. The number of hydrogen-bond acceptors (Lipinski definition) is 3. The molecule has 0 bridgehead atoms. The van der Waals surface area contributed by atoms with Crippen molar-refractivity contribution in [3.63, 3.8) is 0 Å². The molecule has 0 atom stereocenters. The van der Waals surface area contributed by atoms with Crippen LogP contribution in [0.1, 0.15) is 43.1 Å². The van der Waals surface area contributed by atoms with Crippen LogP contribution in [-0.4, -0.2) is 20.4 Å². The molecule has 0 unspecified atom stereocenters. The number of aryl methyl sites for hydroxylation is 1. The van der Waals surface area contributed by atoms with Gasteiger partial charge < -0.3 is 5.32 Å². The van der Waals surface area contributed by atoms with Crippen LogP contribution in [-0.2, 0) is 16.4 Å². The smallest absolute Gasteiger partial charge is 0.255 e. The molecule has 0 aliphatic heterocycles. The molecule has 0 aliphatic rings. The summed E-state index contributed by atoms with van der Waals surface area (Å²) < 4.78 is 26.7. The third-order valence-electron chi connectivity index (χ3n) is 3.57. The van der Waals surface area contributed by atoms with Gasteiger partial charge >= 0.3 is 0 Å². The Balaban J connectivity index is 2.06. The largest absolute Gasteiger partial charge is 0.322 e. The lowest BCUT2D eigenvalue weighted by molar-refractivity contribution is 0.102. The number of carbonyl (C=O) groups excluding carboxylic acids is 1. The Morgan fingerprint density at radius 1 is 1.00 bits per heavy atom. The van der Waals surface area contributed by atoms with Crippen molar-refractivity contribution in [2.75, 3.05) is 5.32 Å². The van der Waals surface area contributed by atoms with E-state index in [0.717, 1.165) is 12.8 Å². The lowest BCUT2D eigenvalue weighted by Gasteiger charge is -2.10. The lowest BCUT2D eigenvalue weighted by atomic mass is 10.1. The summed E-state index contributed by atoms with van der Waals surface area (Å²) in [6, 6.07) is 13.4. The van der Waals surface area contributed by atoms with E-state index in [1.54, 1.807) is 38.1 Å². The van der Waals surface area contributed by atoms with Crippen molar-refractivity contribution in [1.29, 1.82) is 0 Å². The highest BCUT2D eigenvalue weighted by Crippen LogP contribution is 2.16. The van der Waals surface area contributed by atoms with Gasteiger partial charge in [-0.25, -0.2) is 13.1 Å². The highest BCUT2D eigenvalue weighted by atomic mass is 32.2. The van der Waals surface area contributed by atoms with Crippen molar-refractivity contribution in [2.45, 2.75) is 44.6 Å². The van der Waals surface area contributed by atoms with Crippen LogP contribution in [0.15, 0.2) is 53.4 Å². The SMILES string of the molecule is CCCc1ccc(C(=O)Nc2ccc(S(=O)(=O)NC(C)C)cc2)cc1. The quantitative estimate of drug-likeness (QED) is 0.792. The highest BCUT2D eigenvalue weighted by molar-refractivity contribution is 7.89. The molecule has 0 heterocycles. The number of anilines is 1. The maximum atomic E-state index is 12.3. The maximum Gasteiger partial charge on any atom is 0.255 e. The molecule has 1 amide bonds. The van der Waals surface area contributed by atoms with E-state index in [-0.39, 0.29) is 16.8 Å². The van der Waals surface area contributed by atoms with E-state index in [9.17, 15) is 13.2 Å². The molecule has 25 heavy (non-hydrogen) atoms. The Bertz CT molecular complexity index is 811. The molecule has 6 heteroatoms. The highest BCUT2D eigenvalue weighted by Gasteiger charge is 2.15. The van der Waals surface area contributed by atoms with Crippen LogP contribution in [0, 0.1) is 0 Å². The molecule has 2 aromatic carbocycles. The third kappa shape index (κ3) is 5.41. The minimum Gasteiger partial charge on any atom is -0.322 e. The van der Waals surface area contributed by atoms with Gasteiger partial charge in [-0.05, 0) is 62.2 Å². The summed E-state index contributed by atoms with van der Waals surface area (Å²) >= 11 is 0. The van der Waals surface area contributed by atoms with Crippen molar-refractivity contribution >= 4 is 21.6 Å². The standard InChI is InChI=1S/C19H24N2O3S/c1-4-5-15-6-8-16(9-7-15)19(22)20-17-10-12-18(13-11-17)25(23,24)21-14(2)3/h6-14,21H,4-5H2,1-3H3,(H,20,22). The molecule has 5 nitrogen and oxygen atoms in total. The molecule has 0 aromatic heterocycles. The summed E-state index contributed by atoms with van der Waals surface area (Å²) in [4.78, 5) is 12.4. The maximum absolute atomic E-state index is 12.3. The molecule has 0 fully saturated rings.